The number of nitriles is 1. The van der Waals surface area contributed by atoms with Crippen LogP contribution in [0.2, 0.25) is 10.0 Å². The van der Waals surface area contributed by atoms with Crippen molar-refractivity contribution >= 4 is 52.6 Å². The third kappa shape index (κ3) is 11.6. The fourth-order valence-corrected chi connectivity index (χ4v) is 5.16. The highest BCUT2D eigenvalue weighted by Crippen LogP contribution is 2.25. The smallest absolute Gasteiger partial charge is 0.405 e. The molecule has 53 heavy (non-hydrogen) atoms. The van der Waals surface area contributed by atoms with Gasteiger partial charge in [0.25, 0.3) is 11.8 Å². The van der Waals surface area contributed by atoms with Crippen LogP contribution in [0.25, 0.3) is 0 Å². The van der Waals surface area contributed by atoms with E-state index in [4.69, 9.17) is 27.9 Å². The quantitative estimate of drug-likeness (QED) is 0.123. The lowest BCUT2D eigenvalue weighted by Crippen LogP contribution is -2.58. The Balaban J connectivity index is 2.00. The van der Waals surface area contributed by atoms with Gasteiger partial charge in [-0.1, -0.05) is 61.3 Å². The van der Waals surface area contributed by atoms with E-state index >= 15 is 0 Å². The molecule has 3 aromatic carbocycles. The van der Waals surface area contributed by atoms with E-state index in [-0.39, 0.29) is 33.2 Å². The van der Waals surface area contributed by atoms with Crippen molar-refractivity contribution in [3.63, 3.8) is 0 Å². The molecule has 0 spiro atoms. The second-order valence-electron chi connectivity index (χ2n) is 11.8. The van der Waals surface area contributed by atoms with E-state index in [0.29, 0.717) is 11.3 Å². The first-order valence-corrected chi connectivity index (χ1v) is 16.3. The largest absolute Gasteiger partial charge is 0.497 e. The Labute approximate surface area is 310 Å². The molecule has 3 rings (SSSR count). The molecule has 0 aliphatic rings. The van der Waals surface area contributed by atoms with E-state index in [0.717, 1.165) is 5.32 Å². The standard InChI is InChI=1S/C35H32Cl2F5N5O6/c1-18(2)27(29(48)35(41,42)33(52)44-17-34(38,39)40)46-32(51)28(20-8-10-24(53-3)11-9-20)47-31(50)26(14-19-7-12-25(37)22(13-19)16-43)45-30(49)21-5-4-6-23(36)15-21/h4-13,15,18,26-28H,14,17H2,1-3H3,(H,44,52)(H,45,49)(H,46,51)(H,47,50)/t26?,27-,28?/m0/s1. The van der Waals surface area contributed by atoms with Crippen LogP contribution in [-0.2, 0) is 25.6 Å². The van der Waals surface area contributed by atoms with Crippen LogP contribution < -0.4 is 26.0 Å². The number of carbonyl (C=O) groups excluding carboxylic acids is 5. The Kier molecular flexibility index (Phi) is 14.3. The minimum atomic E-state index is -5.05. The van der Waals surface area contributed by atoms with Crippen LogP contribution in [0, 0.1) is 17.2 Å². The minimum Gasteiger partial charge on any atom is -0.497 e. The molecule has 0 heterocycles. The molecule has 2 unspecified atom stereocenters. The van der Waals surface area contributed by atoms with Gasteiger partial charge in [0.15, 0.2) is 0 Å². The number of halogens is 7. The molecule has 0 saturated carbocycles. The van der Waals surface area contributed by atoms with Crippen LogP contribution in [0.4, 0.5) is 22.0 Å². The van der Waals surface area contributed by atoms with Crippen molar-refractivity contribution in [3.8, 4) is 11.8 Å². The van der Waals surface area contributed by atoms with E-state index in [2.05, 4.69) is 16.0 Å². The van der Waals surface area contributed by atoms with Crippen molar-refractivity contribution in [3.05, 3.63) is 99.0 Å². The summed E-state index contributed by atoms with van der Waals surface area (Å²) in [6.07, 6.45) is -5.31. The van der Waals surface area contributed by atoms with Crippen molar-refractivity contribution in [2.45, 2.75) is 50.5 Å². The first-order valence-electron chi connectivity index (χ1n) is 15.5. The molecule has 0 saturated heterocycles. The van der Waals surface area contributed by atoms with Gasteiger partial charge in [-0.05, 0) is 59.5 Å². The SMILES string of the molecule is COc1ccc(C(NC(=O)C(Cc2ccc(Cl)c(C#N)c2)NC(=O)c2cccc(Cl)c2)C(=O)N[C@H](C(=O)C(F)(F)C(=O)NCC(F)(F)F)C(C)C)cc1. The maximum Gasteiger partial charge on any atom is 0.405 e. The van der Waals surface area contributed by atoms with Gasteiger partial charge >= 0.3 is 12.1 Å². The van der Waals surface area contributed by atoms with E-state index in [1.54, 1.807) is 0 Å². The molecule has 4 N–H and O–H groups in total. The van der Waals surface area contributed by atoms with E-state index in [9.17, 15) is 51.2 Å². The van der Waals surface area contributed by atoms with Crippen molar-refractivity contribution in [1.82, 2.24) is 21.3 Å². The average Bonchev–Trinajstić information content (AvgIpc) is 3.11. The summed E-state index contributed by atoms with van der Waals surface area (Å²) in [5, 5.41) is 17.9. The summed E-state index contributed by atoms with van der Waals surface area (Å²) in [4.78, 5) is 66.0. The van der Waals surface area contributed by atoms with Gasteiger partial charge in [-0.15, -0.1) is 0 Å². The number of ketones is 1. The summed E-state index contributed by atoms with van der Waals surface area (Å²) in [6, 6.07) is 12.1. The van der Waals surface area contributed by atoms with Gasteiger partial charge in [-0.2, -0.15) is 27.2 Å². The van der Waals surface area contributed by atoms with Gasteiger partial charge in [0.1, 0.15) is 30.4 Å². The fourth-order valence-electron chi connectivity index (χ4n) is 4.81. The highest BCUT2D eigenvalue weighted by Gasteiger charge is 2.52. The van der Waals surface area contributed by atoms with Gasteiger partial charge in [0, 0.05) is 17.0 Å². The molecule has 3 aromatic rings. The van der Waals surface area contributed by atoms with E-state index < -0.39 is 72.1 Å². The number of rotatable bonds is 15. The predicted molar refractivity (Wildman–Crippen MR) is 182 cm³/mol. The molecule has 0 bridgehead atoms. The first kappa shape index (κ1) is 42.1. The van der Waals surface area contributed by atoms with Crippen LogP contribution in [0.1, 0.15) is 46.9 Å². The molecule has 282 valence electrons. The second kappa shape index (κ2) is 18.0. The number of nitrogens with zero attached hydrogens (tertiary/aromatic N) is 1. The summed E-state index contributed by atoms with van der Waals surface area (Å²) in [5.74, 6) is -13.5. The molecule has 3 atom stereocenters. The summed E-state index contributed by atoms with van der Waals surface area (Å²) in [5.41, 5.74) is 0.527. The lowest BCUT2D eigenvalue weighted by atomic mass is 9.94. The number of benzene rings is 3. The third-order valence-electron chi connectivity index (χ3n) is 7.59. The van der Waals surface area contributed by atoms with Gasteiger partial charge in [-0.25, -0.2) is 0 Å². The van der Waals surface area contributed by atoms with Crippen molar-refractivity contribution in [1.29, 1.82) is 5.26 Å². The molecule has 4 amide bonds. The summed E-state index contributed by atoms with van der Waals surface area (Å²) >= 11 is 12.1. The van der Waals surface area contributed by atoms with Crippen molar-refractivity contribution in [2.24, 2.45) is 5.92 Å². The number of nitrogens with one attached hydrogen (secondary N) is 4. The number of hydrogen-bond acceptors (Lipinski definition) is 7. The van der Waals surface area contributed by atoms with Gasteiger partial charge in [0.05, 0.1) is 23.7 Å². The molecule has 11 nitrogen and oxygen atoms in total. The maximum absolute atomic E-state index is 14.9. The summed E-state index contributed by atoms with van der Waals surface area (Å²) in [6.45, 7) is 0.328. The lowest BCUT2D eigenvalue weighted by Gasteiger charge is -2.28. The minimum absolute atomic E-state index is 0.0412. The van der Waals surface area contributed by atoms with Crippen LogP contribution in [0.5, 0.6) is 5.75 Å². The number of hydrogen-bond donors (Lipinski definition) is 4. The zero-order valence-electron chi connectivity index (χ0n) is 28.1. The maximum atomic E-state index is 14.9. The molecular formula is C35H32Cl2F5N5O6. The van der Waals surface area contributed by atoms with E-state index in [1.807, 2.05) is 6.07 Å². The first-order chi connectivity index (χ1) is 24.8. The Morgan fingerprint density at radius 3 is 2.09 bits per heavy atom. The highest BCUT2D eigenvalue weighted by atomic mass is 35.5. The van der Waals surface area contributed by atoms with Crippen LogP contribution >= 0.6 is 23.2 Å². The zero-order valence-corrected chi connectivity index (χ0v) is 29.6. The number of ether oxygens (including phenoxy) is 1. The normalized spacial score (nSPS) is 13.2. The highest BCUT2D eigenvalue weighted by molar-refractivity contribution is 6.31. The fraction of sp³-hybridized carbons (Fsp3) is 0.314. The summed E-state index contributed by atoms with van der Waals surface area (Å²) in [7, 11) is 1.35. The van der Waals surface area contributed by atoms with Gasteiger partial charge in [-0.3, -0.25) is 24.0 Å². The Morgan fingerprint density at radius 1 is 0.868 bits per heavy atom. The number of Topliss-reactive ketones (excluding diaryl/α,β-unsaturated/α-hetero) is 1. The molecular weight excluding hydrogens is 752 g/mol. The number of methoxy groups -OCH3 is 1. The molecule has 0 aromatic heterocycles. The van der Waals surface area contributed by atoms with Crippen LogP contribution in [-0.4, -0.2) is 67.2 Å². The predicted octanol–water partition coefficient (Wildman–Crippen LogP) is 5.10. The molecule has 0 fully saturated rings. The molecule has 0 radical (unpaired) electrons. The summed E-state index contributed by atoms with van der Waals surface area (Å²) < 4.78 is 72.7. The number of alkyl halides is 5. The van der Waals surface area contributed by atoms with Crippen molar-refractivity contribution in [2.75, 3.05) is 13.7 Å². The Bertz CT molecular complexity index is 1890. The molecule has 18 heteroatoms. The molecule has 0 aliphatic heterocycles. The molecule has 0 aliphatic carbocycles. The van der Waals surface area contributed by atoms with Gasteiger partial charge in [0.2, 0.25) is 17.6 Å². The number of amides is 4. The van der Waals surface area contributed by atoms with E-state index in [1.165, 1.54) is 87.7 Å². The topological polar surface area (TPSA) is 166 Å². The zero-order chi connectivity index (χ0) is 39.7. The average molecular weight is 785 g/mol. The van der Waals surface area contributed by atoms with Gasteiger partial charge < -0.3 is 26.0 Å². The monoisotopic (exact) mass is 783 g/mol. The van der Waals surface area contributed by atoms with Crippen LogP contribution in [0.15, 0.2) is 66.7 Å². The Hall–Kier alpha value is -5.27. The van der Waals surface area contributed by atoms with Crippen molar-refractivity contribution < 1.29 is 50.7 Å². The lowest BCUT2D eigenvalue weighted by molar-refractivity contribution is -0.165. The Morgan fingerprint density at radius 2 is 1.53 bits per heavy atom. The number of carbonyl (C=O) groups is 5. The second-order valence-corrected chi connectivity index (χ2v) is 12.7. The third-order valence-corrected chi connectivity index (χ3v) is 8.15. The van der Waals surface area contributed by atoms with Crippen LogP contribution in [0.3, 0.4) is 0 Å².